The van der Waals surface area contributed by atoms with E-state index >= 15 is 0 Å². The molecule has 3 rings (SSSR count). The van der Waals surface area contributed by atoms with Gasteiger partial charge in [0.1, 0.15) is 11.4 Å². The summed E-state index contributed by atoms with van der Waals surface area (Å²) in [4.78, 5) is 19.8. The minimum absolute atomic E-state index is 0. The largest absolute Gasteiger partial charge is 0.493 e. The number of thioether (sulfide) groups is 1. The van der Waals surface area contributed by atoms with Crippen LogP contribution < -0.4 is 4.74 Å². The Balaban J connectivity index is 0.00000289. The zero-order valence-corrected chi connectivity index (χ0v) is 21.5. The van der Waals surface area contributed by atoms with E-state index in [1.54, 1.807) is 23.8 Å². The number of amides is 1. The van der Waals surface area contributed by atoms with Gasteiger partial charge in [0.05, 0.1) is 18.9 Å². The Kier molecular flexibility index (Phi) is 11.8. The molecule has 190 valence electrons. The molecule has 1 aromatic heterocycles. The molecule has 1 saturated heterocycles. The highest BCUT2D eigenvalue weighted by Gasteiger charge is 2.27. The lowest BCUT2D eigenvalue weighted by Gasteiger charge is -2.33. The van der Waals surface area contributed by atoms with E-state index in [-0.39, 0.29) is 17.0 Å². The highest BCUT2D eigenvalue weighted by Crippen LogP contribution is 2.29. The lowest BCUT2D eigenvalue weighted by Crippen LogP contribution is -2.42. The SMILES string of the molecule is COCc1cc(-c2ccc(SC)cn2)ccc1OCC1CCN(C(=O)OC(C)(C)C)CC1.O.O. The first-order valence-corrected chi connectivity index (χ1v) is 12.2. The van der Waals surface area contributed by atoms with E-state index in [1.165, 1.54) is 0 Å². The molecule has 1 aliphatic heterocycles. The van der Waals surface area contributed by atoms with E-state index < -0.39 is 5.60 Å². The molecule has 1 aromatic carbocycles. The van der Waals surface area contributed by atoms with Crippen LogP contribution in [0.4, 0.5) is 4.79 Å². The number of carbonyl (C=O) groups is 1. The third-order valence-corrected chi connectivity index (χ3v) is 6.08. The first-order chi connectivity index (χ1) is 15.3. The molecule has 0 atom stereocenters. The average Bonchev–Trinajstić information content (AvgIpc) is 2.77. The molecule has 0 radical (unpaired) electrons. The van der Waals surface area contributed by atoms with E-state index in [0.717, 1.165) is 40.3 Å². The molecule has 0 saturated carbocycles. The normalized spacial score (nSPS) is 14.1. The number of likely N-dealkylation sites (tertiary alicyclic amines) is 1. The molecular weight excluding hydrogens is 456 g/mol. The van der Waals surface area contributed by atoms with E-state index in [1.807, 2.05) is 51.4 Å². The minimum atomic E-state index is -0.465. The number of nitrogens with zero attached hydrogens (tertiary/aromatic N) is 2. The lowest BCUT2D eigenvalue weighted by molar-refractivity contribution is 0.0164. The van der Waals surface area contributed by atoms with Crippen LogP contribution in [0.5, 0.6) is 5.75 Å². The Hall–Kier alpha value is -2.33. The van der Waals surface area contributed by atoms with Gasteiger partial charge in [-0.3, -0.25) is 4.98 Å². The Morgan fingerprint density at radius 2 is 1.85 bits per heavy atom. The van der Waals surface area contributed by atoms with Gasteiger partial charge in [-0.15, -0.1) is 11.8 Å². The Morgan fingerprint density at radius 1 is 1.15 bits per heavy atom. The summed E-state index contributed by atoms with van der Waals surface area (Å²) in [5.41, 5.74) is 2.52. The smallest absolute Gasteiger partial charge is 0.410 e. The van der Waals surface area contributed by atoms with Crippen LogP contribution >= 0.6 is 11.8 Å². The number of aromatic nitrogens is 1. The van der Waals surface area contributed by atoms with E-state index in [0.29, 0.717) is 32.2 Å². The van der Waals surface area contributed by atoms with Gasteiger partial charge >= 0.3 is 6.09 Å². The number of hydrogen-bond acceptors (Lipinski definition) is 6. The second-order valence-electron chi connectivity index (χ2n) is 9.06. The van der Waals surface area contributed by atoms with E-state index in [4.69, 9.17) is 14.2 Å². The fourth-order valence-electron chi connectivity index (χ4n) is 3.64. The monoisotopic (exact) mass is 494 g/mol. The van der Waals surface area contributed by atoms with Gasteiger partial charge in [-0.1, -0.05) is 0 Å². The standard InChI is InChI=1S/C25H34N2O4S.2H2O/c1-25(2,3)31-24(28)27-12-10-18(11-13-27)16-30-23-9-6-19(14-20(23)17-29-4)22-8-7-21(32-5)15-26-22;;/h6-9,14-15,18H,10-13,16-17H2,1-5H3;2*1H2. The van der Waals surface area contributed by atoms with Crippen molar-refractivity contribution in [2.45, 2.75) is 50.7 Å². The van der Waals surface area contributed by atoms with Gasteiger partial charge < -0.3 is 30.1 Å². The van der Waals surface area contributed by atoms with Crippen molar-refractivity contribution in [1.82, 2.24) is 9.88 Å². The van der Waals surface area contributed by atoms with Gasteiger partial charge in [0.15, 0.2) is 0 Å². The molecule has 1 amide bonds. The summed E-state index contributed by atoms with van der Waals surface area (Å²) in [6, 6.07) is 10.3. The fourth-order valence-corrected chi connectivity index (χ4v) is 4.00. The van der Waals surface area contributed by atoms with Crippen molar-refractivity contribution < 1.29 is 30.0 Å². The number of ether oxygens (including phenoxy) is 3. The van der Waals surface area contributed by atoms with Crippen LogP contribution in [0.25, 0.3) is 11.3 Å². The van der Waals surface area contributed by atoms with E-state index in [2.05, 4.69) is 17.1 Å². The highest BCUT2D eigenvalue weighted by molar-refractivity contribution is 7.98. The third kappa shape index (κ3) is 8.47. The lowest BCUT2D eigenvalue weighted by atomic mass is 9.98. The Morgan fingerprint density at radius 3 is 2.41 bits per heavy atom. The predicted octanol–water partition coefficient (Wildman–Crippen LogP) is 3.99. The van der Waals surface area contributed by atoms with Crippen LogP contribution in [0.1, 0.15) is 39.2 Å². The maximum atomic E-state index is 12.3. The molecule has 4 N–H and O–H groups in total. The van der Waals surface area contributed by atoms with Gasteiger partial charge in [0.25, 0.3) is 0 Å². The number of rotatable bonds is 7. The zero-order chi connectivity index (χ0) is 23.1. The summed E-state index contributed by atoms with van der Waals surface area (Å²) in [6.45, 7) is 8.17. The summed E-state index contributed by atoms with van der Waals surface area (Å²) in [7, 11) is 1.69. The van der Waals surface area contributed by atoms with Gasteiger partial charge in [-0.05, 0) is 76.1 Å². The molecule has 0 aliphatic carbocycles. The number of benzene rings is 1. The summed E-state index contributed by atoms with van der Waals surface area (Å²) in [6.07, 6.45) is 5.52. The Bertz CT molecular complexity index is 893. The molecule has 0 unspecified atom stereocenters. The molecule has 1 fully saturated rings. The second kappa shape index (κ2) is 13.5. The van der Waals surface area contributed by atoms with Crippen molar-refractivity contribution in [3.8, 4) is 17.0 Å². The van der Waals surface area contributed by atoms with Crippen molar-refractivity contribution >= 4 is 17.9 Å². The number of pyridine rings is 1. The summed E-state index contributed by atoms with van der Waals surface area (Å²) in [5.74, 6) is 1.25. The van der Waals surface area contributed by atoms with Crippen molar-refractivity contribution in [3.05, 3.63) is 42.1 Å². The molecule has 8 nitrogen and oxygen atoms in total. The zero-order valence-electron chi connectivity index (χ0n) is 20.7. The molecule has 9 heteroatoms. The average molecular weight is 495 g/mol. The summed E-state index contributed by atoms with van der Waals surface area (Å²) < 4.78 is 17.1. The first-order valence-electron chi connectivity index (χ1n) is 11.0. The first kappa shape index (κ1) is 29.7. The van der Waals surface area contributed by atoms with Crippen LogP contribution in [0.3, 0.4) is 0 Å². The van der Waals surface area contributed by atoms with Gasteiger partial charge in [-0.2, -0.15) is 0 Å². The summed E-state index contributed by atoms with van der Waals surface area (Å²) in [5, 5.41) is 0. The number of hydrogen-bond donors (Lipinski definition) is 0. The molecule has 34 heavy (non-hydrogen) atoms. The van der Waals surface area contributed by atoms with Gasteiger partial charge in [0, 0.05) is 42.4 Å². The maximum absolute atomic E-state index is 12.3. The number of methoxy groups -OCH3 is 1. The maximum Gasteiger partial charge on any atom is 0.410 e. The molecule has 1 aliphatic rings. The van der Waals surface area contributed by atoms with Gasteiger partial charge in [0.2, 0.25) is 0 Å². The van der Waals surface area contributed by atoms with Gasteiger partial charge in [-0.25, -0.2) is 4.79 Å². The second-order valence-corrected chi connectivity index (χ2v) is 9.94. The van der Waals surface area contributed by atoms with E-state index in [9.17, 15) is 4.79 Å². The molecule has 0 bridgehead atoms. The molecule has 0 spiro atoms. The molecular formula is C25H38N2O6S. The number of piperidine rings is 1. The van der Waals surface area contributed by atoms with Crippen molar-refractivity contribution in [2.75, 3.05) is 33.1 Å². The fraction of sp³-hybridized carbons (Fsp3) is 0.520. The van der Waals surface area contributed by atoms with Crippen LogP contribution in [0, 0.1) is 5.92 Å². The van der Waals surface area contributed by atoms with Crippen LogP contribution in [-0.4, -0.2) is 65.6 Å². The molecule has 2 heterocycles. The van der Waals surface area contributed by atoms with Crippen LogP contribution in [-0.2, 0) is 16.1 Å². The quantitative estimate of drug-likeness (QED) is 0.536. The number of carbonyl (C=O) groups excluding carboxylic acids is 1. The van der Waals surface area contributed by atoms with Crippen molar-refractivity contribution in [1.29, 1.82) is 0 Å². The third-order valence-electron chi connectivity index (χ3n) is 5.37. The van der Waals surface area contributed by atoms with Crippen molar-refractivity contribution in [2.24, 2.45) is 5.92 Å². The minimum Gasteiger partial charge on any atom is -0.493 e. The Labute approximate surface area is 206 Å². The van der Waals surface area contributed by atoms with Crippen molar-refractivity contribution in [3.63, 3.8) is 0 Å². The highest BCUT2D eigenvalue weighted by atomic mass is 32.2. The predicted molar refractivity (Wildman–Crippen MR) is 135 cm³/mol. The van der Waals surface area contributed by atoms with Crippen LogP contribution in [0.15, 0.2) is 41.4 Å². The topological polar surface area (TPSA) is 124 Å². The summed E-state index contributed by atoms with van der Waals surface area (Å²) >= 11 is 1.68. The molecule has 2 aromatic rings. The van der Waals surface area contributed by atoms with Crippen LogP contribution in [0.2, 0.25) is 0 Å².